The summed E-state index contributed by atoms with van der Waals surface area (Å²) in [4.78, 5) is 0.141. The van der Waals surface area contributed by atoms with E-state index in [1.54, 1.807) is 6.07 Å². The number of aryl methyl sites for hydroxylation is 1. The van der Waals surface area contributed by atoms with E-state index in [2.05, 4.69) is 4.72 Å². The Labute approximate surface area is 138 Å². The second-order valence-electron chi connectivity index (χ2n) is 5.85. The van der Waals surface area contributed by atoms with Crippen LogP contribution in [0.15, 0.2) is 17.0 Å². The Balaban J connectivity index is 2.29. The van der Waals surface area contributed by atoms with E-state index in [1.165, 1.54) is 12.5 Å². The summed E-state index contributed by atoms with van der Waals surface area (Å²) < 4.78 is 33.8. The van der Waals surface area contributed by atoms with Gasteiger partial charge >= 0.3 is 0 Å². The van der Waals surface area contributed by atoms with E-state index < -0.39 is 10.0 Å². The molecule has 1 aromatic rings. The topological polar surface area (TPSA) is 55.4 Å². The molecule has 0 heterocycles. The van der Waals surface area contributed by atoms with Crippen LogP contribution in [-0.2, 0) is 10.0 Å². The maximum atomic E-state index is 12.7. The first-order chi connectivity index (χ1) is 10.4. The molecule has 1 aliphatic carbocycles. The van der Waals surface area contributed by atoms with Crippen LogP contribution in [0.25, 0.3) is 0 Å². The van der Waals surface area contributed by atoms with Gasteiger partial charge in [0.2, 0.25) is 10.0 Å². The van der Waals surface area contributed by atoms with Gasteiger partial charge in [-0.15, -0.1) is 0 Å². The number of hydrogen-bond acceptors (Lipinski definition) is 3. The fourth-order valence-electron chi connectivity index (χ4n) is 2.67. The second-order valence-corrected chi connectivity index (χ2v) is 7.94. The van der Waals surface area contributed by atoms with Gasteiger partial charge in [-0.2, -0.15) is 0 Å². The third kappa shape index (κ3) is 4.37. The first kappa shape index (κ1) is 17.6. The summed E-state index contributed by atoms with van der Waals surface area (Å²) in [7, 11) is -3.62. The van der Waals surface area contributed by atoms with E-state index in [1.807, 2.05) is 13.8 Å². The highest BCUT2D eigenvalue weighted by atomic mass is 35.5. The van der Waals surface area contributed by atoms with E-state index in [0.717, 1.165) is 37.7 Å². The number of halogens is 1. The van der Waals surface area contributed by atoms with Crippen molar-refractivity contribution < 1.29 is 13.2 Å². The van der Waals surface area contributed by atoms with E-state index in [9.17, 15) is 8.42 Å². The molecule has 22 heavy (non-hydrogen) atoms. The predicted molar refractivity (Wildman–Crippen MR) is 89.2 cm³/mol. The molecule has 0 spiro atoms. The van der Waals surface area contributed by atoms with Crippen LogP contribution in [0.3, 0.4) is 0 Å². The fraction of sp³-hybridized carbons (Fsp3) is 0.625. The zero-order valence-corrected chi connectivity index (χ0v) is 14.8. The number of sulfonamides is 1. The molecule has 124 valence electrons. The molecule has 1 N–H and O–H groups in total. The molecule has 1 aromatic carbocycles. The fourth-order valence-corrected chi connectivity index (χ4v) is 4.36. The summed E-state index contributed by atoms with van der Waals surface area (Å²) in [5.41, 5.74) is 0.810. The maximum absolute atomic E-state index is 12.7. The third-order valence-corrected chi connectivity index (χ3v) is 5.85. The van der Waals surface area contributed by atoms with Gasteiger partial charge in [0.1, 0.15) is 10.6 Å². The van der Waals surface area contributed by atoms with Gasteiger partial charge in [-0.3, -0.25) is 0 Å². The zero-order valence-electron chi connectivity index (χ0n) is 13.2. The number of rotatable bonds is 6. The second kappa shape index (κ2) is 7.66. The molecule has 6 heteroatoms. The van der Waals surface area contributed by atoms with Crippen molar-refractivity contribution in [1.29, 1.82) is 0 Å². The van der Waals surface area contributed by atoms with E-state index in [0.29, 0.717) is 17.4 Å². The average molecular weight is 346 g/mol. The standard InChI is InChI=1S/C16H24ClNO3S/c1-3-9-21-15-10-12(2)14(17)11-16(15)22(19,20)18-13-7-5-4-6-8-13/h10-11,13,18H,3-9H2,1-2H3. The van der Waals surface area contributed by atoms with Crippen LogP contribution >= 0.6 is 11.6 Å². The maximum Gasteiger partial charge on any atom is 0.244 e. The largest absolute Gasteiger partial charge is 0.492 e. The summed E-state index contributed by atoms with van der Waals surface area (Å²) >= 11 is 6.12. The lowest BCUT2D eigenvalue weighted by Gasteiger charge is -2.23. The molecule has 1 fully saturated rings. The molecule has 0 aliphatic heterocycles. The Bertz CT molecular complexity index is 610. The molecule has 0 amide bonds. The van der Waals surface area contributed by atoms with Crippen LogP contribution in [0, 0.1) is 6.92 Å². The molecular weight excluding hydrogens is 322 g/mol. The molecule has 4 nitrogen and oxygen atoms in total. The van der Waals surface area contributed by atoms with Crippen molar-refractivity contribution in [1.82, 2.24) is 4.72 Å². The molecule has 1 aliphatic rings. The highest BCUT2D eigenvalue weighted by Gasteiger charge is 2.25. The highest BCUT2D eigenvalue weighted by molar-refractivity contribution is 7.89. The van der Waals surface area contributed by atoms with Gasteiger partial charge in [0.15, 0.2) is 0 Å². The minimum Gasteiger partial charge on any atom is -0.492 e. The van der Waals surface area contributed by atoms with Crippen molar-refractivity contribution in [3.8, 4) is 5.75 Å². The van der Waals surface area contributed by atoms with Gasteiger partial charge in [-0.05, 0) is 43.9 Å². The summed E-state index contributed by atoms with van der Waals surface area (Å²) in [5, 5.41) is 0.438. The highest BCUT2D eigenvalue weighted by Crippen LogP contribution is 2.31. The van der Waals surface area contributed by atoms with Crippen molar-refractivity contribution in [2.24, 2.45) is 0 Å². The van der Waals surface area contributed by atoms with E-state index in [4.69, 9.17) is 16.3 Å². The van der Waals surface area contributed by atoms with Gasteiger partial charge in [0.05, 0.1) is 6.61 Å². The molecule has 0 radical (unpaired) electrons. The molecule has 0 bridgehead atoms. The van der Waals surface area contributed by atoms with E-state index in [-0.39, 0.29) is 10.9 Å². The summed E-state index contributed by atoms with van der Waals surface area (Å²) in [6.45, 7) is 4.30. The smallest absolute Gasteiger partial charge is 0.244 e. The Morgan fingerprint density at radius 1 is 1.27 bits per heavy atom. The first-order valence-electron chi connectivity index (χ1n) is 7.89. The van der Waals surface area contributed by atoms with Crippen LogP contribution in [0.4, 0.5) is 0 Å². The molecular formula is C16H24ClNO3S. The van der Waals surface area contributed by atoms with Crippen LogP contribution in [0.5, 0.6) is 5.75 Å². The SMILES string of the molecule is CCCOc1cc(C)c(Cl)cc1S(=O)(=O)NC1CCCCC1. The van der Waals surface area contributed by atoms with Gasteiger partial charge in [-0.25, -0.2) is 13.1 Å². The molecule has 0 atom stereocenters. The van der Waals surface area contributed by atoms with Gasteiger partial charge in [0, 0.05) is 11.1 Å². The van der Waals surface area contributed by atoms with Crippen LogP contribution in [0.1, 0.15) is 51.0 Å². The summed E-state index contributed by atoms with van der Waals surface area (Å²) in [5.74, 6) is 0.382. The minimum atomic E-state index is -3.62. The van der Waals surface area contributed by atoms with Crippen molar-refractivity contribution in [2.75, 3.05) is 6.61 Å². The predicted octanol–water partition coefficient (Wildman–Crippen LogP) is 4.05. The Kier molecular flexibility index (Phi) is 6.12. The van der Waals surface area contributed by atoms with Crippen LogP contribution in [-0.4, -0.2) is 21.1 Å². The number of benzene rings is 1. The Morgan fingerprint density at radius 3 is 2.59 bits per heavy atom. The average Bonchev–Trinajstić information content (AvgIpc) is 2.48. The Hall–Kier alpha value is -0.780. The zero-order chi connectivity index (χ0) is 16.2. The molecule has 0 aromatic heterocycles. The molecule has 1 saturated carbocycles. The summed E-state index contributed by atoms with van der Waals surface area (Å²) in [6.07, 6.45) is 5.92. The molecule has 2 rings (SSSR count). The lowest BCUT2D eigenvalue weighted by atomic mass is 9.96. The quantitative estimate of drug-likeness (QED) is 0.846. The molecule has 0 unspecified atom stereocenters. The van der Waals surface area contributed by atoms with Crippen molar-refractivity contribution in [3.63, 3.8) is 0 Å². The minimum absolute atomic E-state index is 0.0119. The van der Waals surface area contributed by atoms with Crippen molar-refractivity contribution >= 4 is 21.6 Å². The van der Waals surface area contributed by atoms with Crippen molar-refractivity contribution in [2.45, 2.75) is 63.3 Å². The number of ether oxygens (including phenoxy) is 1. The number of hydrogen-bond donors (Lipinski definition) is 1. The summed E-state index contributed by atoms with van der Waals surface area (Å²) in [6, 6.07) is 3.21. The normalized spacial score (nSPS) is 16.7. The van der Waals surface area contributed by atoms with Crippen molar-refractivity contribution in [3.05, 3.63) is 22.7 Å². The van der Waals surface area contributed by atoms with Gasteiger partial charge in [-0.1, -0.05) is 37.8 Å². The Morgan fingerprint density at radius 2 is 1.95 bits per heavy atom. The van der Waals surface area contributed by atoms with E-state index >= 15 is 0 Å². The molecule has 0 saturated heterocycles. The van der Waals surface area contributed by atoms with Crippen LogP contribution in [0.2, 0.25) is 5.02 Å². The lowest BCUT2D eigenvalue weighted by molar-refractivity contribution is 0.308. The first-order valence-corrected chi connectivity index (χ1v) is 9.75. The third-order valence-electron chi connectivity index (χ3n) is 3.90. The van der Waals surface area contributed by atoms with Gasteiger partial charge < -0.3 is 4.74 Å². The lowest BCUT2D eigenvalue weighted by Crippen LogP contribution is -2.36. The monoisotopic (exact) mass is 345 g/mol. The van der Waals surface area contributed by atoms with Crippen LogP contribution < -0.4 is 9.46 Å². The number of nitrogens with one attached hydrogen (secondary N) is 1. The van der Waals surface area contributed by atoms with Gasteiger partial charge in [0.25, 0.3) is 0 Å².